The molecule has 148 valence electrons. The van der Waals surface area contributed by atoms with Gasteiger partial charge in [-0.1, -0.05) is 0 Å². The molecule has 4 nitrogen and oxygen atoms in total. The first-order valence-electron chi connectivity index (χ1n) is 8.03. The predicted molar refractivity (Wildman–Crippen MR) is 90.7 cm³/mol. The van der Waals surface area contributed by atoms with E-state index >= 15 is 4.39 Å². The molecule has 27 heavy (non-hydrogen) atoms. The lowest BCUT2D eigenvalue weighted by molar-refractivity contribution is -0.263. The van der Waals surface area contributed by atoms with Gasteiger partial charge in [-0.25, -0.2) is 13.8 Å². The monoisotopic (exact) mass is 389 g/mol. The second-order valence-corrected chi connectivity index (χ2v) is 6.66. The summed E-state index contributed by atoms with van der Waals surface area (Å²) >= 11 is 0. The van der Waals surface area contributed by atoms with Gasteiger partial charge in [0.05, 0.1) is 5.69 Å². The molecule has 2 rings (SSSR count). The van der Waals surface area contributed by atoms with E-state index in [4.69, 9.17) is 5.73 Å². The molecule has 0 spiro atoms. The number of halogens is 5. The minimum absolute atomic E-state index is 0.0606. The van der Waals surface area contributed by atoms with Crippen molar-refractivity contribution in [3.63, 3.8) is 0 Å². The van der Waals surface area contributed by atoms with Gasteiger partial charge in [0.25, 0.3) is 0 Å². The zero-order valence-corrected chi connectivity index (χ0v) is 15.0. The molecule has 1 aromatic heterocycles. The third kappa shape index (κ3) is 3.80. The first-order chi connectivity index (χ1) is 12.4. The highest BCUT2D eigenvalue weighted by Crippen LogP contribution is 2.40. The van der Waals surface area contributed by atoms with Crippen molar-refractivity contribution in [3.05, 3.63) is 53.2 Å². The summed E-state index contributed by atoms with van der Waals surface area (Å²) in [6, 6.07) is 5.29. The number of hydrogen-bond donors (Lipinski definition) is 3. The Hall–Kier alpha value is -2.10. The Morgan fingerprint density at radius 2 is 1.67 bits per heavy atom. The summed E-state index contributed by atoms with van der Waals surface area (Å²) in [6.45, 7) is 1.91. The van der Waals surface area contributed by atoms with Gasteiger partial charge in [-0.05, 0) is 51.2 Å². The van der Waals surface area contributed by atoms with Gasteiger partial charge in [-0.2, -0.15) is 13.2 Å². The Morgan fingerprint density at radius 3 is 2.11 bits per heavy atom. The van der Waals surface area contributed by atoms with E-state index in [1.807, 2.05) is 0 Å². The number of hydrogen-bond acceptors (Lipinski definition) is 4. The molecule has 0 aliphatic heterocycles. The van der Waals surface area contributed by atoms with E-state index in [2.05, 4.69) is 10.3 Å². The number of aliphatic hydroxyl groups is 1. The van der Waals surface area contributed by atoms with Crippen molar-refractivity contribution in [1.82, 2.24) is 10.3 Å². The van der Waals surface area contributed by atoms with Crippen molar-refractivity contribution in [3.8, 4) is 11.3 Å². The molecular formula is C18H20F5N3O. The molecule has 0 fully saturated rings. The summed E-state index contributed by atoms with van der Waals surface area (Å²) in [4.78, 5) is 3.71. The molecule has 1 unspecified atom stereocenters. The lowest BCUT2D eigenvalue weighted by atomic mass is 9.88. The Kier molecular flexibility index (Phi) is 5.61. The second kappa shape index (κ2) is 7.14. The molecule has 1 aromatic carbocycles. The molecule has 0 saturated heterocycles. The van der Waals surface area contributed by atoms with Gasteiger partial charge in [0.2, 0.25) is 5.60 Å². The van der Waals surface area contributed by atoms with Crippen LogP contribution in [0.25, 0.3) is 11.3 Å². The topological polar surface area (TPSA) is 71.2 Å². The average Bonchev–Trinajstić information content (AvgIpc) is 2.61. The number of benzene rings is 1. The van der Waals surface area contributed by atoms with Crippen LogP contribution >= 0.6 is 0 Å². The lowest BCUT2D eigenvalue weighted by Crippen LogP contribution is -2.49. The van der Waals surface area contributed by atoms with Crippen LogP contribution in [0.1, 0.15) is 25.1 Å². The van der Waals surface area contributed by atoms with E-state index in [9.17, 15) is 22.7 Å². The van der Waals surface area contributed by atoms with Crippen molar-refractivity contribution in [2.24, 2.45) is 5.73 Å². The molecule has 0 aliphatic carbocycles. The van der Waals surface area contributed by atoms with Crippen LogP contribution in [0.15, 0.2) is 30.3 Å². The number of alkyl halides is 3. The summed E-state index contributed by atoms with van der Waals surface area (Å²) < 4.78 is 68.7. The molecule has 9 heteroatoms. The molecule has 0 aliphatic rings. The van der Waals surface area contributed by atoms with Crippen LogP contribution in [0.2, 0.25) is 0 Å². The zero-order valence-electron chi connectivity index (χ0n) is 15.0. The molecule has 4 N–H and O–H groups in total. The minimum Gasteiger partial charge on any atom is -0.374 e. The van der Waals surface area contributed by atoms with E-state index in [0.717, 1.165) is 18.2 Å². The summed E-state index contributed by atoms with van der Waals surface area (Å²) in [6.07, 6.45) is -5.13. The van der Waals surface area contributed by atoms with Crippen molar-refractivity contribution in [2.75, 3.05) is 13.6 Å². The number of nitrogens with zero attached hydrogens (tertiary/aromatic N) is 1. The maximum atomic E-state index is 15.1. The van der Waals surface area contributed by atoms with E-state index in [-0.39, 0.29) is 11.1 Å². The third-order valence-electron chi connectivity index (χ3n) is 4.56. The second-order valence-electron chi connectivity index (χ2n) is 6.66. The summed E-state index contributed by atoms with van der Waals surface area (Å²) in [5, 5.41) is 13.0. The molecule has 0 saturated carbocycles. The van der Waals surface area contributed by atoms with E-state index in [1.165, 1.54) is 19.2 Å². The highest BCUT2D eigenvalue weighted by Gasteiger charge is 2.55. The van der Waals surface area contributed by atoms with E-state index in [0.29, 0.717) is 0 Å². The minimum atomic E-state index is -5.13. The third-order valence-corrected chi connectivity index (χ3v) is 4.56. The lowest BCUT2D eigenvalue weighted by Gasteiger charge is -2.32. The maximum absolute atomic E-state index is 15.1. The highest BCUT2D eigenvalue weighted by atomic mass is 19.4. The van der Waals surface area contributed by atoms with Gasteiger partial charge in [-0.15, -0.1) is 0 Å². The maximum Gasteiger partial charge on any atom is 0.424 e. The van der Waals surface area contributed by atoms with Crippen LogP contribution in [0, 0.1) is 11.6 Å². The van der Waals surface area contributed by atoms with Crippen molar-refractivity contribution >= 4 is 0 Å². The Bertz CT molecular complexity index is 821. The Labute approximate surface area is 153 Å². The van der Waals surface area contributed by atoms with Crippen LogP contribution in [0.4, 0.5) is 22.0 Å². The fourth-order valence-electron chi connectivity index (χ4n) is 2.50. The standard InChI is InChI=1S/C18H20F5N3O/c1-16(2,25-3)12-8-13(17(27,9-24)18(21,22)23)26-15(14(12)20)10-4-6-11(19)7-5-10/h4-8,25,27H,9,24H2,1-3H3. The van der Waals surface area contributed by atoms with Gasteiger partial charge in [-0.3, -0.25) is 0 Å². The molecular weight excluding hydrogens is 369 g/mol. The van der Waals surface area contributed by atoms with Crippen molar-refractivity contribution < 1.29 is 27.1 Å². The van der Waals surface area contributed by atoms with Crippen molar-refractivity contribution in [2.45, 2.75) is 31.2 Å². The number of pyridine rings is 1. The largest absolute Gasteiger partial charge is 0.424 e. The van der Waals surface area contributed by atoms with E-state index in [1.54, 1.807) is 13.8 Å². The smallest absolute Gasteiger partial charge is 0.374 e. The van der Waals surface area contributed by atoms with Crippen LogP contribution in [-0.4, -0.2) is 29.9 Å². The fourth-order valence-corrected chi connectivity index (χ4v) is 2.50. The van der Waals surface area contributed by atoms with E-state index < -0.39 is 46.9 Å². The molecule has 0 amide bonds. The van der Waals surface area contributed by atoms with Crippen molar-refractivity contribution in [1.29, 1.82) is 0 Å². The predicted octanol–water partition coefficient (Wildman–Crippen LogP) is 3.19. The Balaban J connectivity index is 2.85. The van der Waals surface area contributed by atoms with Crippen LogP contribution < -0.4 is 11.1 Å². The normalized spacial score (nSPS) is 14.9. The first-order valence-corrected chi connectivity index (χ1v) is 8.03. The number of aromatic nitrogens is 1. The zero-order chi connectivity index (χ0) is 20.6. The van der Waals surface area contributed by atoms with Crippen LogP contribution in [-0.2, 0) is 11.1 Å². The molecule has 0 radical (unpaired) electrons. The molecule has 1 atom stereocenters. The number of nitrogens with two attached hydrogens (primary N) is 1. The van der Waals surface area contributed by atoms with Gasteiger partial charge in [0, 0.05) is 23.2 Å². The quantitative estimate of drug-likeness (QED) is 0.687. The van der Waals surface area contributed by atoms with Crippen LogP contribution in [0.5, 0.6) is 0 Å². The summed E-state index contributed by atoms with van der Waals surface area (Å²) in [7, 11) is 1.51. The highest BCUT2D eigenvalue weighted by molar-refractivity contribution is 5.62. The van der Waals surface area contributed by atoms with Crippen LogP contribution in [0.3, 0.4) is 0 Å². The number of nitrogens with one attached hydrogen (secondary N) is 1. The van der Waals surface area contributed by atoms with Gasteiger partial charge in [0.15, 0.2) is 5.82 Å². The first kappa shape index (κ1) is 21.2. The Morgan fingerprint density at radius 1 is 1.11 bits per heavy atom. The van der Waals surface area contributed by atoms with Gasteiger partial charge >= 0.3 is 6.18 Å². The number of rotatable bonds is 5. The molecule has 0 bridgehead atoms. The fraction of sp³-hybridized carbons (Fsp3) is 0.389. The average molecular weight is 389 g/mol. The summed E-state index contributed by atoms with van der Waals surface area (Å²) in [5.74, 6) is -1.48. The molecule has 2 aromatic rings. The van der Waals surface area contributed by atoms with Gasteiger partial charge in [0.1, 0.15) is 11.5 Å². The van der Waals surface area contributed by atoms with Gasteiger partial charge < -0.3 is 16.2 Å². The SMILES string of the molecule is CNC(C)(C)c1cc(C(O)(CN)C(F)(F)F)nc(-c2ccc(F)cc2)c1F. The summed E-state index contributed by atoms with van der Waals surface area (Å²) in [5.41, 5.74) is -0.722. The molecule has 1 heterocycles.